The van der Waals surface area contributed by atoms with Gasteiger partial charge in [0.15, 0.2) is 0 Å². The summed E-state index contributed by atoms with van der Waals surface area (Å²) in [5.41, 5.74) is 1.92. The number of fused-ring (bicyclic) bond motifs is 2. The van der Waals surface area contributed by atoms with Gasteiger partial charge in [0.1, 0.15) is 16.1 Å². The van der Waals surface area contributed by atoms with Crippen molar-refractivity contribution in [3.63, 3.8) is 0 Å². The Morgan fingerprint density at radius 2 is 1.94 bits per heavy atom. The minimum absolute atomic E-state index is 0.0378. The van der Waals surface area contributed by atoms with Crippen molar-refractivity contribution in [3.05, 3.63) is 65.5 Å². The van der Waals surface area contributed by atoms with E-state index in [0.29, 0.717) is 12.1 Å². The fraction of sp³-hybridized carbons (Fsp3) is 0.318. The van der Waals surface area contributed by atoms with Gasteiger partial charge in [-0.05, 0) is 54.3 Å². The maximum absolute atomic E-state index is 13.4. The van der Waals surface area contributed by atoms with Crippen molar-refractivity contribution < 1.29 is 22.3 Å². The van der Waals surface area contributed by atoms with Crippen molar-refractivity contribution in [1.29, 1.82) is 0 Å². The number of methoxy groups -OCH3 is 1. The Bertz CT molecular complexity index is 1380. The van der Waals surface area contributed by atoms with Crippen molar-refractivity contribution in [1.82, 2.24) is 23.9 Å². The third-order valence-electron chi connectivity index (χ3n) is 6.35. The molecule has 0 spiro atoms. The molecule has 3 aromatic rings. The Kier molecular flexibility index (Phi) is 4.98. The van der Waals surface area contributed by atoms with E-state index in [0.717, 1.165) is 16.8 Å². The number of carbonyl (C=O) groups is 1. The van der Waals surface area contributed by atoms with Gasteiger partial charge in [-0.15, -0.1) is 0 Å². The molecular formula is C22H22FN5O4S. The van der Waals surface area contributed by atoms with Gasteiger partial charge in [0, 0.05) is 26.3 Å². The van der Waals surface area contributed by atoms with Gasteiger partial charge in [0.05, 0.1) is 30.9 Å². The van der Waals surface area contributed by atoms with Crippen LogP contribution in [0, 0.1) is 11.2 Å². The molecule has 2 aromatic heterocycles. The maximum atomic E-state index is 13.4. The van der Waals surface area contributed by atoms with Crippen LogP contribution in [0.1, 0.15) is 17.7 Å². The summed E-state index contributed by atoms with van der Waals surface area (Å²) >= 11 is 0. The Morgan fingerprint density at radius 1 is 1.18 bits per heavy atom. The monoisotopic (exact) mass is 471 g/mol. The second-order valence-electron chi connectivity index (χ2n) is 8.30. The largest absolute Gasteiger partial charge is 0.468 e. The van der Waals surface area contributed by atoms with Crippen LogP contribution < -0.4 is 0 Å². The number of halogens is 1. The van der Waals surface area contributed by atoms with Crippen LogP contribution in [0.15, 0.2) is 53.3 Å². The molecule has 1 aliphatic carbocycles. The van der Waals surface area contributed by atoms with Crippen molar-refractivity contribution >= 4 is 22.1 Å². The van der Waals surface area contributed by atoms with Crippen molar-refractivity contribution in [3.8, 4) is 5.69 Å². The molecule has 0 amide bonds. The Morgan fingerprint density at radius 3 is 2.61 bits per heavy atom. The zero-order chi connectivity index (χ0) is 23.4. The summed E-state index contributed by atoms with van der Waals surface area (Å²) in [7, 11) is -0.880. The topological polar surface area (TPSA) is 99.3 Å². The van der Waals surface area contributed by atoms with Crippen LogP contribution in [-0.4, -0.2) is 58.5 Å². The molecule has 1 fully saturated rings. The number of aryl methyl sites for hydroxylation is 1. The fourth-order valence-corrected chi connectivity index (χ4v) is 6.14. The van der Waals surface area contributed by atoms with Gasteiger partial charge in [-0.3, -0.25) is 9.48 Å². The van der Waals surface area contributed by atoms with E-state index in [1.54, 1.807) is 30.1 Å². The standard InChI is InChI=1S/C22H22FN5O4S/c1-26-13-19(12-24-26)33(30,31)27-8-7-16-9-20-15(10-22(16,14-27)21(29)32-2)11-25-28(20)18-5-3-17(23)4-6-18/h3-6,9,11-13H,7-8,10,14H2,1-2H3. The van der Waals surface area contributed by atoms with Crippen LogP contribution in [0.2, 0.25) is 0 Å². The smallest absolute Gasteiger partial charge is 0.317 e. The first-order valence-corrected chi connectivity index (χ1v) is 11.8. The van der Waals surface area contributed by atoms with Gasteiger partial charge >= 0.3 is 5.97 Å². The number of ether oxygens (including phenoxy) is 1. The summed E-state index contributed by atoms with van der Waals surface area (Å²) < 4.78 is 49.5. The molecule has 3 heterocycles. The van der Waals surface area contributed by atoms with Crippen LogP contribution in [0.3, 0.4) is 0 Å². The van der Waals surface area contributed by atoms with Gasteiger partial charge < -0.3 is 4.74 Å². The molecule has 1 aliphatic heterocycles. The minimum Gasteiger partial charge on any atom is -0.468 e. The van der Waals surface area contributed by atoms with E-state index in [1.165, 1.54) is 40.6 Å². The van der Waals surface area contributed by atoms with Gasteiger partial charge in [0.25, 0.3) is 0 Å². The van der Waals surface area contributed by atoms with Crippen molar-refractivity contribution in [2.45, 2.75) is 17.7 Å². The van der Waals surface area contributed by atoms with E-state index in [9.17, 15) is 17.6 Å². The molecule has 11 heteroatoms. The predicted octanol–water partition coefficient (Wildman–Crippen LogP) is 1.94. The maximum Gasteiger partial charge on any atom is 0.317 e. The van der Waals surface area contributed by atoms with Crippen LogP contribution in [-0.2, 0) is 33.0 Å². The molecule has 2 aliphatic rings. The normalized spacial score (nSPS) is 20.6. The number of nitrogens with zero attached hydrogens (tertiary/aromatic N) is 5. The van der Waals surface area contributed by atoms with Crippen LogP contribution >= 0.6 is 0 Å². The number of rotatable bonds is 4. The minimum atomic E-state index is -3.83. The summed E-state index contributed by atoms with van der Waals surface area (Å²) in [5.74, 6) is -0.829. The fourth-order valence-electron chi connectivity index (χ4n) is 4.66. The Balaban J connectivity index is 1.55. The molecule has 1 unspecified atom stereocenters. The third-order valence-corrected chi connectivity index (χ3v) is 8.15. The van der Waals surface area contributed by atoms with E-state index in [2.05, 4.69) is 10.2 Å². The lowest BCUT2D eigenvalue weighted by atomic mass is 9.69. The van der Waals surface area contributed by atoms with Gasteiger partial charge in [-0.25, -0.2) is 17.5 Å². The van der Waals surface area contributed by atoms with Gasteiger partial charge in [-0.1, -0.05) is 0 Å². The lowest BCUT2D eigenvalue weighted by molar-refractivity contribution is -0.151. The van der Waals surface area contributed by atoms with Gasteiger partial charge in [0.2, 0.25) is 10.0 Å². The average molecular weight is 472 g/mol. The number of hydrogen-bond donors (Lipinski definition) is 0. The quantitative estimate of drug-likeness (QED) is 0.540. The average Bonchev–Trinajstić information content (AvgIpc) is 3.43. The van der Waals surface area contributed by atoms with Crippen molar-refractivity contribution in [2.75, 3.05) is 20.2 Å². The van der Waals surface area contributed by atoms with E-state index < -0.39 is 21.4 Å². The highest BCUT2D eigenvalue weighted by Gasteiger charge is 2.51. The highest BCUT2D eigenvalue weighted by Crippen LogP contribution is 2.46. The zero-order valence-electron chi connectivity index (χ0n) is 18.1. The number of carbonyl (C=O) groups excluding carboxylic acids is 1. The molecule has 1 atom stereocenters. The molecule has 5 rings (SSSR count). The first-order chi connectivity index (χ1) is 15.7. The number of piperidine rings is 1. The zero-order valence-corrected chi connectivity index (χ0v) is 18.9. The van der Waals surface area contributed by atoms with E-state index >= 15 is 0 Å². The molecular weight excluding hydrogens is 449 g/mol. The highest BCUT2D eigenvalue weighted by atomic mass is 32.2. The highest BCUT2D eigenvalue weighted by molar-refractivity contribution is 7.89. The number of benzene rings is 1. The molecule has 33 heavy (non-hydrogen) atoms. The second-order valence-corrected chi connectivity index (χ2v) is 10.2. The third kappa shape index (κ3) is 3.39. The Labute approximate surface area is 190 Å². The number of hydrogen-bond acceptors (Lipinski definition) is 6. The summed E-state index contributed by atoms with van der Waals surface area (Å²) in [5, 5.41) is 8.41. The van der Waals surface area contributed by atoms with Crippen LogP contribution in [0.4, 0.5) is 4.39 Å². The molecule has 0 bridgehead atoms. The van der Waals surface area contributed by atoms with Crippen LogP contribution in [0.25, 0.3) is 11.8 Å². The first kappa shape index (κ1) is 21.5. The summed E-state index contributed by atoms with van der Waals surface area (Å²) in [4.78, 5) is 13.2. The molecule has 9 nitrogen and oxygen atoms in total. The SMILES string of the molecule is COC(=O)C12Cc3cnn(-c4ccc(F)cc4)c3C=C1CCN(S(=O)(=O)c1cnn(C)c1)C2. The second kappa shape index (κ2) is 7.63. The van der Waals surface area contributed by atoms with E-state index in [-0.39, 0.29) is 30.2 Å². The number of aromatic nitrogens is 4. The van der Waals surface area contributed by atoms with Crippen molar-refractivity contribution in [2.24, 2.45) is 12.5 Å². The predicted molar refractivity (Wildman–Crippen MR) is 116 cm³/mol. The van der Waals surface area contributed by atoms with Crippen LogP contribution in [0.5, 0.6) is 0 Å². The number of sulfonamides is 1. The first-order valence-electron chi connectivity index (χ1n) is 10.4. The molecule has 0 radical (unpaired) electrons. The molecule has 0 saturated carbocycles. The lowest BCUT2D eigenvalue weighted by Gasteiger charge is -2.43. The summed E-state index contributed by atoms with van der Waals surface area (Å²) in [6.07, 6.45) is 6.91. The molecule has 1 saturated heterocycles. The summed E-state index contributed by atoms with van der Waals surface area (Å²) in [6, 6.07) is 5.98. The molecule has 172 valence electrons. The van der Waals surface area contributed by atoms with E-state index in [4.69, 9.17) is 4.74 Å². The Hall–Kier alpha value is -3.31. The lowest BCUT2D eigenvalue weighted by Crippen LogP contribution is -2.53. The van der Waals surface area contributed by atoms with E-state index in [1.807, 2.05) is 6.08 Å². The summed E-state index contributed by atoms with van der Waals surface area (Å²) in [6.45, 7) is 0.186. The number of esters is 1. The molecule has 1 aromatic carbocycles. The van der Waals surface area contributed by atoms with Gasteiger partial charge in [-0.2, -0.15) is 14.5 Å². The molecule has 0 N–H and O–H groups in total.